The van der Waals surface area contributed by atoms with Crippen molar-refractivity contribution < 1.29 is 9.90 Å². The summed E-state index contributed by atoms with van der Waals surface area (Å²) in [5.74, 6) is -0.0552. The van der Waals surface area contributed by atoms with E-state index in [2.05, 4.69) is 44.5 Å². The van der Waals surface area contributed by atoms with Crippen molar-refractivity contribution in [3.8, 4) is 0 Å². The van der Waals surface area contributed by atoms with Gasteiger partial charge < -0.3 is 10.4 Å². The standard InChI is InChI=1S/C21H24N4O2S/c26-17(14-25-10-8-15-3-1-2-4-16(15)13-25)11-23-20(27)5-6-21-24-18-12-22-9-7-19(18)28-21/h1-4,7,9,12,17,26H,5-6,8,10-11,13-14H2,(H,23,27). The Morgan fingerprint density at radius 3 is 3.00 bits per heavy atom. The molecule has 1 aliphatic heterocycles. The summed E-state index contributed by atoms with van der Waals surface area (Å²) in [4.78, 5) is 22.9. The van der Waals surface area contributed by atoms with Crippen molar-refractivity contribution in [3.63, 3.8) is 0 Å². The predicted molar refractivity (Wildman–Crippen MR) is 110 cm³/mol. The lowest BCUT2D eigenvalue weighted by Gasteiger charge is -2.30. The van der Waals surface area contributed by atoms with Gasteiger partial charge in [0.25, 0.3) is 0 Å². The maximum atomic E-state index is 12.1. The Balaban J connectivity index is 1.19. The Hall–Kier alpha value is -2.35. The summed E-state index contributed by atoms with van der Waals surface area (Å²) in [5, 5.41) is 14.1. The highest BCUT2D eigenvalue weighted by Crippen LogP contribution is 2.21. The fourth-order valence-corrected chi connectivity index (χ4v) is 4.48. The predicted octanol–water partition coefficient (Wildman–Crippen LogP) is 2.16. The zero-order chi connectivity index (χ0) is 19.3. The lowest BCUT2D eigenvalue weighted by atomic mass is 10.00. The molecule has 0 aliphatic carbocycles. The van der Waals surface area contributed by atoms with Crippen molar-refractivity contribution in [1.29, 1.82) is 0 Å². The molecule has 0 saturated carbocycles. The van der Waals surface area contributed by atoms with Gasteiger partial charge in [0.1, 0.15) is 0 Å². The third kappa shape index (κ3) is 4.73. The molecular formula is C21H24N4O2S. The molecule has 3 aromatic rings. The molecule has 0 radical (unpaired) electrons. The van der Waals surface area contributed by atoms with Crippen molar-refractivity contribution in [2.75, 3.05) is 19.6 Å². The number of β-amino-alcohol motifs (C(OH)–C–C–N with tert-alkyl or cyclic N) is 1. The molecule has 146 valence electrons. The number of aromatic nitrogens is 2. The molecule has 0 fully saturated rings. The molecule has 1 aromatic carbocycles. The number of fused-ring (bicyclic) bond motifs is 2. The number of aliphatic hydroxyl groups is 1. The lowest BCUT2D eigenvalue weighted by Crippen LogP contribution is -2.42. The average Bonchev–Trinajstić information content (AvgIpc) is 3.14. The zero-order valence-corrected chi connectivity index (χ0v) is 16.5. The van der Waals surface area contributed by atoms with Crippen LogP contribution in [0, 0.1) is 0 Å². The molecule has 0 spiro atoms. The fraction of sp³-hybridized carbons (Fsp3) is 0.381. The smallest absolute Gasteiger partial charge is 0.220 e. The number of nitrogens with one attached hydrogen (secondary N) is 1. The molecule has 3 heterocycles. The lowest BCUT2D eigenvalue weighted by molar-refractivity contribution is -0.121. The average molecular weight is 397 g/mol. The summed E-state index contributed by atoms with van der Waals surface area (Å²) >= 11 is 1.59. The van der Waals surface area contributed by atoms with Gasteiger partial charge in [-0.15, -0.1) is 11.3 Å². The molecule has 6 nitrogen and oxygen atoms in total. The van der Waals surface area contributed by atoms with E-state index < -0.39 is 6.10 Å². The molecule has 1 atom stereocenters. The number of pyridine rings is 1. The Kier molecular flexibility index (Phi) is 5.95. The van der Waals surface area contributed by atoms with E-state index in [1.807, 2.05) is 6.07 Å². The quantitative estimate of drug-likeness (QED) is 0.640. The first kappa shape index (κ1) is 19.0. The third-order valence-electron chi connectivity index (χ3n) is 5.01. The number of aliphatic hydroxyl groups excluding tert-OH is 1. The minimum Gasteiger partial charge on any atom is -0.390 e. The normalized spacial score (nSPS) is 15.3. The molecule has 28 heavy (non-hydrogen) atoms. The number of benzene rings is 1. The maximum Gasteiger partial charge on any atom is 0.220 e. The first-order valence-corrected chi connectivity index (χ1v) is 10.4. The van der Waals surface area contributed by atoms with Crippen LogP contribution in [0.15, 0.2) is 42.7 Å². The van der Waals surface area contributed by atoms with Crippen LogP contribution in [-0.2, 0) is 24.2 Å². The number of amides is 1. The van der Waals surface area contributed by atoms with Crippen LogP contribution in [0.25, 0.3) is 10.2 Å². The van der Waals surface area contributed by atoms with Gasteiger partial charge in [-0.3, -0.25) is 14.7 Å². The second-order valence-corrected chi connectivity index (χ2v) is 8.28. The van der Waals surface area contributed by atoms with E-state index >= 15 is 0 Å². The van der Waals surface area contributed by atoms with E-state index in [1.54, 1.807) is 23.7 Å². The Morgan fingerprint density at radius 2 is 2.14 bits per heavy atom. The molecule has 4 rings (SSSR count). The van der Waals surface area contributed by atoms with E-state index in [9.17, 15) is 9.90 Å². The van der Waals surface area contributed by atoms with Gasteiger partial charge in [0.15, 0.2) is 0 Å². The van der Waals surface area contributed by atoms with Crippen LogP contribution in [0.2, 0.25) is 0 Å². The first-order chi connectivity index (χ1) is 13.7. The van der Waals surface area contributed by atoms with Crippen molar-refractivity contribution >= 4 is 27.5 Å². The molecule has 2 N–H and O–H groups in total. The number of carbonyl (C=O) groups excluding carboxylic acids is 1. The Labute approximate surface area is 168 Å². The van der Waals surface area contributed by atoms with Crippen LogP contribution < -0.4 is 5.32 Å². The highest BCUT2D eigenvalue weighted by atomic mass is 32.1. The molecule has 2 aromatic heterocycles. The number of hydrogen-bond donors (Lipinski definition) is 2. The number of nitrogens with zero attached hydrogens (tertiary/aromatic N) is 3. The summed E-state index contributed by atoms with van der Waals surface area (Å²) in [6, 6.07) is 10.4. The largest absolute Gasteiger partial charge is 0.390 e. The third-order valence-corrected chi connectivity index (χ3v) is 6.11. The fourth-order valence-electron chi connectivity index (χ4n) is 3.55. The highest BCUT2D eigenvalue weighted by molar-refractivity contribution is 7.18. The molecule has 1 unspecified atom stereocenters. The van der Waals surface area contributed by atoms with E-state index in [4.69, 9.17) is 0 Å². The van der Waals surface area contributed by atoms with Gasteiger partial charge in [0.2, 0.25) is 5.91 Å². The summed E-state index contributed by atoms with van der Waals surface area (Å²) in [7, 11) is 0. The highest BCUT2D eigenvalue weighted by Gasteiger charge is 2.18. The van der Waals surface area contributed by atoms with Crippen molar-refractivity contribution in [3.05, 3.63) is 58.9 Å². The molecule has 7 heteroatoms. The van der Waals surface area contributed by atoms with Gasteiger partial charge in [0, 0.05) is 45.2 Å². The van der Waals surface area contributed by atoms with Crippen LogP contribution in [-0.4, -0.2) is 51.6 Å². The molecular weight excluding hydrogens is 372 g/mol. The number of thiazole rings is 1. The van der Waals surface area contributed by atoms with Crippen LogP contribution in [0.4, 0.5) is 0 Å². The zero-order valence-electron chi connectivity index (χ0n) is 15.7. The van der Waals surface area contributed by atoms with E-state index in [0.717, 1.165) is 34.7 Å². The van der Waals surface area contributed by atoms with Gasteiger partial charge in [-0.05, 0) is 23.6 Å². The van der Waals surface area contributed by atoms with Gasteiger partial charge in [0.05, 0.1) is 27.5 Å². The minimum atomic E-state index is -0.567. The molecule has 1 amide bonds. The summed E-state index contributed by atoms with van der Waals surface area (Å²) in [6.45, 7) is 2.64. The number of aryl methyl sites for hydroxylation is 1. The summed E-state index contributed by atoms with van der Waals surface area (Å²) in [6.07, 6.45) is 4.90. The molecule has 0 bridgehead atoms. The first-order valence-electron chi connectivity index (χ1n) is 9.61. The monoisotopic (exact) mass is 396 g/mol. The van der Waals surface area contributed by atoms with Gasteiger partial charge in [-0.25, -0.2) is 4.98 Å². The maximum absolute atomic E-state index is 12.1. The number of rotatable bonds is 7. The SMILES string of the molecule is O=C(CCc1nc2cnccc2s1)NCC(O)CN1CCc2ccccc2C1. The topological polar surface area (TPSA) is 78.3 Å². The van der Waals surface area contributed by atoms with E-state index in [1.165, 1.54) is 11.1 Å². The van der Waals surface area contributed by atoms with Gasteiger partial charge in [-0.2, -0.15) is 0 Å². The van der Waals surface area contributed by atoms with Crippen LogP contribution in [0.1, 0.15) is 22.6 Å². The molecule has 0 saturated heterocycles. The van der Waals surface area contributed by atoms with Crippen molar-refractivity contribution in [2.45, 2.75) is 31.9 Å². The van der Waals surface area contributed by atoms with Crippen LogP contribution in [0.3, 0.4) is 0 Å². The second-order valence-electron chi connectivity index (χ2n) is 7.16. The summed E-state index contributed by atoms with van der Waals surface area (Å²) in [5.41, 5.74) is 3.60. The van der Waals surface area contributed by atoms with E-state index in [0.29, 0.717) is 19.4 Å². The van der Waals surface area contributed by atoms with Crippen molar-refractivity contribution in [2.24, 2.45) is 0 Å². The Bertz CT molecular complexity index is 925. The van der Waals surface area contributed by atoms with Crippen LogP contribution in [0.5, 0.6) is 0 Å². The second kappa shape index (κ2) is 8.77. The number of carbonyl (C=O) groups is 1. The number of hydrogen-bond acceptors (Lipinski definition) is 6. The minimum absolute atomic E-state index is 0.0552. The van der Waals surface area contributed by atoms with Crippen molar-refractivity contribution in [1.82, 2.24) is 20.2 Å². The molecule has 1 aliphatic rings. The van der Waals surface area contributed by atoms with Crippen LogP contribution >= 0.6 is 11.3 Å². The van der Waals surface area contributed by atoms with Gasteiger partial charge >= 0.3 is 0 Å². The Morgan fingerprint density at radius 1 is 1.29 bits per heavy atom. The van der Waals surface area contributed by atoms with E-state index in [-0.39, 0.29) is 12.5 Å². The van der Waals surface area contributed by atoms with Gasteiger partial charge in [-0.1, -0.05) is 24.3 Å². The summed E-state index contributed by atoms with van der Waals surface area (Å²) < 4.78 is 1.09.